The van der Waals surface area contributed by atoms with Gasteiger partial charge in [-0.05, 0) is 17.7 Å². The van der Waals surface area contributed by atoms with Gasteiger partial charge in [0.25, 0.3) is 0 Å². The molecule has 3 N–H and O–H groups in total. The molecule has 1 aromatic carbocycles. The Balaban J connectivity index is 2.38. The summed E-state index contributed by atoms with van der Waals surface area (Å²) < 4.78 is 0. The van der Waals surface area contributed by atoms with Crippen LogP contribution < -0.4 is 5.73 Å². The van der Waals surface area contributed by atoms with E-state index >= 15 is 0 Å². The van der Waals surface area contributed by atoms with E-state index in [4.69, 9.17) is 17.3 Å². The number of H-pyrrole nitrogens is 1. The topological polar surface area (TPSA) is 54.7 Å². The van der Waals surface area contributed by atoms with Crippen LogP contribution >= 0.6 is 11.6 Å². The molecule has 1 heterocycles. The molecule has 1 aromatic heterocycles. The second-order valence-corrected chi connectivity index (χ2v) is 6.18. The summed E-state index contributed by atoms with van der Waals surface area (Å²) >= 11 is 6.25. The standard InChI is InChI=1S/C15H20ClN3/c1-15(2,3)14-8-13(18-19-14)11(9-17)10-6-4-5-7-12(10)16/h4-8,11H,9,17H2,1-3H3,(H,18,19). The second kappa shape index (κ2) is 5.35. The maximum atomic E-state index is 6.25. The molecule has 0 saturated heterocycles. The molecule has 0 bridgehead atoms. The van der Waals surface area contributed by atoms with Gasteiger partial charge in [-0.3, -0.25) is 5.10 Å². The number of nitrogens with one attached hydrogen (secondary N) is 1. The first-order chi connectivity index (χ1) is 8.93. The minimum atomic E-state index is 0.0222. The summed E-state index contributed by atoms with van der Waals surface area (Å²) in [5.41, 5.74) is 9.03. The fraction of sp³-hybridized carbons (Fsp3) is 0.400. The van der Waals surface area contributed by atoms with Gasteiger partial charge in [0.1, 0.15) is 0 Å². The van der Waals surface area contributed by atoms with Gasteiger partial charge in [-0.25, -0.2) is 0 Å². The van der Waals surface area contributed by atoms with Crippen molar-refractivity contribution in [1.82, 2.24) is 10.2 Å². The number of nitrogens with two attached hydrogens (primary N) is 1. The van der Waals surface area contributed by atoms with E-state index in [1.165, 1.54) is 0 Å². The first kappa shape index (κ1) is 14.1. The average Bonchev–Trinajstić information content (AvgIpc) is 2.82. The van der Waals surface area contributed by atoms with Crippen LogP contribution in [0.1, 0.15) is 43.6 Å². The van der Waals surface area contributed by atoms with Crippen molar-refractivity contribution in [3.8, 4) is 0 Å². The van der Waals surface area contributed by atoms with Crippen LogP contribution in [0.2, 0.25) is 5.02 Å². The molecule has 0 aliphatic carbocycles. The average molecular weight is 278 g/mol. The lowest BCUT2D eigenvalue weighted by Crippen LogP contribution is -2.15. The van der Waals surface area contributed by atoms with Crippen LogP contribution in [0.15, 0.2) is 30.3 Å². The van der Waals surface area contributed by atoms with E-state index in [-0.39, 0.29) is 11.3 Å². The Labute approximate surface area is 119 Å². The SMILES string of the molecule is CC(C)(C)c1cc(C(CN)c2ccccc2Cl)[nH]n1. The molecule has 0 saturated carbocycles. The normalized spacial score (nSPS) is 13.5. The van der Waals surface area contributed by atoms with Crippen molar-refractivity contribution >= 4 is 11.6 Å². The van der Waals surface area contributed by atoms with Gasteiger partial charge in [0.2, 0.25) is 0 Å². The minimum Gasteiger partial charge on any atom is -0.329 e. The molecule has 0 spiro atoms. The molecule has 0 aliphatic rings. The van der Waals surface area contributed by atoms with E-state index in [0.29, 0.717) is 6.54 Å². The van der Waals surface area contributed by atoms with Gasteiger partial charge in [-0.15, -0.1) is 0 Å². The number of aromatic nitrogens is 2. The quantitative estimate of drug-likeness (QED) is 0.903. The van der Waals surface area contributed by atoms with E-state index in [1.54, 1.807) is 0 Å². The first-order valence-corrected chi connectivity index (χ1v) is 6.81. The number of aromatic amines is 1. The van der Waals surface area contributed by atoms with E-state index in [2.05, 4.69) is 37.0 Å². The molecule has 0 radical (unpaired) electrons. The molecular weight excluding hydrogens is 258 g/mol. The highest BCUT2D eigenvalue weighted by molar-refractivity contribution is 6.31. The molecule has 2 aromatic rings. The van der Waals surface area contributed by atoms with Crippen LogP contribution in [-0.4, -0.2) is 16.7 Å². The van der Waals surface area contributed by atoms with Gasteiger partial charge in [0, 0.05) is 28.6 Å². The summed E-state index contributed by atoms with van der Waals surface area (Å²) in [6, 6.07) is 9.89. The third-order valence-corrected chi connectivity index (χ3v) is 3.60. The molecule has 2 rings (SSSR count). The van der Waals surface area contributed by atoms with Crippen LogP contribution in [0.25, 0.3) is 0 Å². The van der Waals surface area contributed by atoms with E-state index < -0.39 is 0 Å². The lowest BCUT2D eigenvalue weighted by molar-refractivity contribution is 0.567. The smallest absolute Gasteiger partial charge is 0.0678 e. The minimum absolute atomic E-state index is 0.0222. The summed E-state index contributed by atoms with van der Waals surface area (Å²) in [4.78, 5) is 0. The van der Waals surface area contributed by atoms with Crippen molar-refractivity contribution in [2.45, 2.75) is 32.1 Å². The molecule has 0 fully saturated rings. The summed E-state index contributed by atoms with van der Waals surface area (Å²) in [7, 11) is 0. The molecule has 19 heavy (non-hydrogen) atoms. The lowest BCUT2D eigenvalue weighted by Gasteiger charge is -2.16. The number of nitrogens with zero attached hydrogens (tertiary/aromatic N) is 1. The summed E-state index contributed by atoms with van der Waals surface area (Å²) in [6.07, 6.45) is 0. The van der Waals surface area contributed by atoms with E-state index in [0.717, 1.165) is 22.0 Å². The Kier molecular flexibility index (Phi) is 3.97. The summed E-state index contributed by atoms with van der Waals surface area (Å²) in [5, 5.41) is 8.23. The third-order valence-electron chi connectivity index (χ3n) is 3.26. The monoisotopic (exact) mass is 277 g/mol. The third kappa shape index (κ3) is 2.99. The van der Waals surface area contributed by atoms with Crippen molar-refractivity contribution in [3.63, 3.8) is 0 Å². The zero-order chi connectivity index (χ0) is 14.0. The van der Waals surface area contributed by atoms with Crippen LogP contribution in [0.4, 0.5) is 0 Å². The predicted octanol–water partition coefficient (Wildman–Crippen LogP) is 3.45. The van der Waals surface area contributed by atoms with Gasteiger partial charge in [-0.2, -0.15) is 5.10 Å². The Morgan fingerprint density at radius 2 is 2.00 bits per heavy atom. The van der Waals surface area contributed by atoms with Crippen molar-refractivity contribution in [3.05, 3.63) is 52.3 Å². The summed E-state index contributed by atoms with van der Waals surface area (Å²) in [6.45, 7) is 6.91. The van der Waals surface area contributed by atoms with Crippen LogP contribution in [0.3, 0.4) is 0 Å². The molecule has 3 nitrogen and oxygen atoms in total. The van der Waals surface area contributed by atoms with Crippen molar-refractivity contribution in [2.75, 3.05) is 6.54 Å². The fourth-order valence-corrected chi connectivity index (χ4v) is 2.35. The van der Waals surface area contributed by atoms with E-state index in [9.17, 15) is 0 Å². The highest BCUT2D eigenvalue weighted by atomic mass is 35.5. The Morgan fingerprint density at radius 1 is 1.32 bits per heavy atom. The first-order valence-electron chi connectivity index (χ1n) is 6.43. The maximum Gasteiger partial charge on any atom is 0.0678 e. The number of halogens is 1. The van der Waals surface area contributed by atoms with Crippen LogP contribution in [-0.2, 0) is 5.41 Å². The Morgan fingerprint density at radius 3 is 2.53 bits per heavy atom. The molecule has 4 heteroatoms. The van der Waals surface area contributed by atoms with Gasteiger partial charge in [0.15, 0.2) is 0 Å². The molecular formula is C15H20ClN3. The molecule has 1 atom stereocenters. The van der Waals surface area contributed by atoms with Gasteiger partial charge in [0.05, 0.1) is 5.69 Å². The number of benzene rings is 1. The van der Waals surface area contributed by atoms with Gasteiger partial charge in [-0.1, -0.05) is 50.6 Å². The number of hydrogen-bond donors (Lipinski definition) is 2. The maximum absolute atomic E-state index is 6.25. The van der Waals surface area contributed by atoms with Gasteiger partial charge >= 0.3 is 0 Å². The highest BCUT2D eigenvalue weighted by Crippen LogP contribution is 2.30. The van der Waals surface area contributed by atoms with Gasteiger partial charge < -0.3 is 5.73 Å². The second-order valence-electron chi connectivity index (χ2n) is 5.77. The highest BCUT2D eigenvalue weighted by Gasteiger charge is 2.22. The summed E-state index contributed by atoms with van der Waals surface area (Å²) in [5.74, 6) is 0.0531. The zero-order valence-electron chi connectivity index (χ0n) is 11.6. The predicted molar refractivity (Wildman–Crippen MR) is 79.6 cm³/mol. The Hall–Kier alpha value is -1.32. The lowest BCUT2D eigenvalue weighted by atomic mass is 9.90. The zero-order valence-corrected chi connectivity index (χ0v) is 12.3. The molecule has 102 valence electrons. The number of rotatable bonds is 3. The van der Waals surface area contributed by atoms with E-state index in [1.807, 2.05) is 24.3 Å². The molecule has 1 unspecified atom stereocenters. The number of hydrogen-bond acceptors (Lipinski definition) is 2. The molecule has 0 amide bonds. The van der Waals surface area contributed by atoms with Crippen molar-refractivity contribution < 1.29 is 0 Å². The fourth-order valence-electron chi connectivity index (χ4n) is 2.08. The van der Waals surface area contributed by atoms with Crippen LogP contribution in [0.5, 0.6) is 0 Å². The van der Waals surface area contributed by atoms with Crippen LogP contribution in [0, 0.1) is 0 Å². The largest absolute Gasteiger partial charge is 0.329 e. The Bertz CT molecular complexity index is 555. The molecule has 0 aliphatic heterocycles. The van der Waals surface area contributed by atoms with Crippen molar-refractivity contribution in [1.29, 1.82) is 0 Å². The van der Waals surface area contributed by atoms with Crippen molar-refractivity contribution in [2.24, 2.45) is 5.73 Å².